The number of rotatable bonds is 9. The normalized spacial score (nSPS) is 14.0. The lowest BCUT2D eigenvalue weighted by atomic mass is 10.1. The van der Waals surface area contributed by atoms with E-state index in [1.54, 1.807) is 42.5 Å². The first-order chi connectivity index (χ1) is 15.6. The van der Waals surface area contributed by atoms with Gasteiger partial charge in [-0.2, -0.15) is 0 Å². The lowest BCUT2D eigenvalue weighted by Crippen LogP contribution is -2.34. The molecule has 1 aliphatic heterocycles. The van der Waals surface area contributed by atoms with Crippen molar-refractivity contribution in [2.45, 2.75) is 18.9 Å². The monoisotopic (exact) mass is 543 g/mol. The van der Waals surface area contributed by atoms with Gasteiger partial charge in [-0.05, 0) is 55.8 Å². The Morgan fingerprint density at radius 2 is 1.86 bits per heavy atom. The molecule has 1 amide bonds. The Morgan fingerprint density at radius 3 is 2.46 bits per heavy atom. The first-order valence-electron chi connectivity index (χ1n) is 10.5. The van der Waals surface area contributed by atoms with Gasteiger partial charge in [-0.3, -0.25) is 14.5 Å². The van der Waals surface area contributed by atoms with Gasteiger partial charge in [-0.15, -0.1) is 24.8 Å². The standard InChI is InChI=1S/C23H29N5O4S.2ClH/c1-33(30,31)28(13-3-5-16-4-2-6-17(14-16)22(24)25)18-7-8-21(20(15-18)23(26)29)32-19-9-11-27-12-10-19;;/h2-8,14-15,19,27H,9-13H2,1H3,(H3,24,25)(H2,26,29);2*1H/b5-3+;;. The Labute approximate surface area is 218 Å². The first kappa shape index (κ1) is 30.2. The highest BCUT2D eigenvalue weighted by Gasteiger charge is 2.22. The number of primary amides is 1. The molecule has 0 atom stereocenters. The number of hydrogen-bond acceptors (Lipinski definition) is 6. The number of benzene rings is 2. The fourth-order valence-corrected chi connectivity index (χ4v) is 4.44. The van der Waals surface area contributed by atoms with E-state index >= 15 is 0 Å². The molecule has 9 nitrogen and oxygen atoms in total. The molecule has 1 fully saturated rings. The summed E-state index contributed by atoms with van der Waals surface area (Å²) in [6, 6.07) is 11.7. The molecule has 2 aromatic carbocycles. The van der Waals surface area contributed by atoms with Crippen LogP contribution in [0.5, 0.6) is 5.75 Å². The second-order valence-electron chi connectivity index (χ2n) is 7.85. The van der Waals surface area contributed by atoms with Crippen LogP contribution in [-0.4, -0.2) is 52.2 Å². The van der Waals surface area contributed by atoms with Gasteiger partial charge in [0.2, 0.25) is 10.0 Å². The molecule has 0 saturated carbocycles. The number of sulfonamides is 1. The van der Waals surface area contributed by atoms with Gasteiger partial charge in [0, 0.05) is 5.56 Å². The number of amidine groups is 1. The summed E-state index contributed by atoms with van der Waals surface area (Å²) in [5.74, 6) is -0.386. The number of halogens is 2. The molecular formula is C23H31Cl2N5O4S. The van der Waals surface area contributed by atoms with E-state index in [1.165, 1.54) is 10.4 Å². The van der Waals surface area contributed by atoms with E-state index in [4.69, 9.17) is 21.6 Å². The summed E-state index contributed by atoms with van der Waals surface area (Å²) < 4.78 is 32.2. The number of nitrogen functional groups attached to an aromatic ring is 1. The molecule has 0 aromatic heterocycles. The molecule has 1 saturated heterocycles. The third-order valence-electron chi connectivity index (χ3n) is 5.28. The minimum Gasteiger partial charge on any atom is -0.489 e. The van der Waals surface area contributed by atoms with Crippen molar-refractivity contribution >= 4 is 58.3 Å². The lowest BCUT2D eigenvalue weighted by Gasteiger charge is -2.26. The zero-order valence-electron chi connectivity index (χ0n) is 19.3. The smallest absolute Gasteiger partial charge is 0.252 e. The zero-order valence-corrected chi connectivity index (χ0v) is 21.7. The molecule has 192 valence electrons. The molecule has 0 aliphatic carbocycles. The maximum Gasteiger partial charge on any atom is 0.252 e. The fraction of sp³-hybridized carbons (Fsp3) is 0.304. The summed E-state index contributed by atoms with van der Waals surface area (Å²) in [6.45, 7) is 1.70. The van der Waals surface area contributed by atoms with Crippen LogP contribution in [0.1, 0.15) is 34.3 Å². The van der Waals surface area contributed by atoms with Crippen molar-refractivity contribution in [2.75, 3.05) is 30.2 Å². The van der Waals surface area contributed by atoms with Gasteiger partial charge in [0.25, 0.3) is 5.91 Å². The predicted molar refractivity (Wildman–Crippen MR) is 145 cm³/mol. The molecule has 0 radical (unpaired) electrons. The highest BCUT2D eigenvalue weighted by molar-refractivity contribution is 7.92. The van der Waals surface area contributed by atoms with Crippen molar-refractivity contribution in [2.24, 2.45) is 11.5 Å². The number of hydrogen-bond donors (Lipinski definition) is 4. The molecule has 2 aromatic rings. The van der Waals surface area contributed by atoms with Gasteiger partial charge in [0.1, 0.15) is 17.7 Å². The van der Waals surface area contributed by atoms with Gasteiger partial charge in [0.15, 0.2) is 0 Å². The van der Waals surface area contributed by atoms with Crippen molar-refractivity contribution in [1.82, 2.24) is 5.32 Å². The van der Waals surface area contributed by atoms with Crippen molar-refractivity contribution in [3.8, 4) is 5.75 Å². The second-order valence-corrected chi connectivity index (χ2v) is 9.75. The topological polar surface area (TPSA) is 152 Å². The Balaban J connectivity index is 0.00000306. The van der Waals surface area contributed by atoms with Crippen molar-refractivity contribution in [1.29, 1.82) is 5.41 Å². The number of nitrogens with two attached hydrogens (primary N) is 2. The summed E-state index contributed by atoms with van der Waals surface area (Å²) in [7, 11) is -3.65. The number of nitrogens with one attached hydrogen (secondary N) is 2. The summed E-state index contributed by atoms with van der Waals surface area (Å²) in [5.41, 5.74) is 12.9. The minimum atomic E-state index is -3.65. The van der Waals surface area contributed by atoms with E-state index in [1.807, 2.05) is 6.07 Å². The Hall–Kier alpha value is -2.79. The van der Waals surface area contributed by atoms with Crippen LogP contribution >= 0.6 is 24.8 Å². The SMILES string of the molecule is CS(=O)(=O)N(C/C=C/c1cccc(C(=N)N)c1)c1ccc(OC2CCNCC2)c(C(N)=O)c1.Cl.Cl. The fourth-order valence-electron chi connectivity index (χ4n) is 3.59. The van der Waals surface area contributed by atoms with E-state index < -0.39 is 15.9 Å². The number of piperidine rings is 1. The molecule has 12 heteroatoms. The highest BCUT2D eigenvalue weighted by atomic mass is 35.5. The van der Waals surface area contributed by atoms with Crippen molar-refractivity contribution < 1.29 is 17.9 Å². The largest absolute Gasteiger partial charge is 0.489 e. The van der Waals surface area contributed by atoms with Crippen LogP contribution in [0.3, 0.4) is 0 Å². The average molecular weight is 545 g/mol. The maximum absolute atomic E-state index is 12.5. The molecule has 0 spiro atoms. The quantitative estimate of drug-likeness (QED) is 0.281. The second kappa shape index (κ2) is 13.3. The van der Waals surface area contributed by atoms with Crippen LogP contribution in [0.15, 0.2) is 48.5 Å². The van der Waals surface area contributed by atoms with Gasteiger partial charge in [0.05, 0.1) is 24.1 Å². The van der Waals surface area contributed by atoms with Crippen molar-refractivity contribution in [3.05, 3.63) is 65.2 Å². The van der Waals surface area contributed by atoms with Gasteiger partial charge < -0.3 is 21.5 Å². The van der Waals surface area contributed by atoms with Gasteiger partial charge in [-0.25, -0.2) is 8.42 Å². The van der Waals surface area contributed by atoms with Crippen LogP contribution in [0.2, 0.25) is 0 Å². The molecule has 1 aliphatic rings. The first-order valence-corrected chi connectivity index (χ1v) is 12.4. The molecule has 35 heavy (non-hydrogen) atoms. The lowest BCUT2D eigenvalue weighted by molar-refractivity contribution is 0.0989. The molecule has 0 bridgehead atoms. The Bertz CT molecular complexity index is 1170. The summed E-state index contributed by atoms with van der Waals surface area (Å²) in [5, 5.41) is 10.8. The molecule has 3 rings (SSSR count). The van der Waals surface area contributed by atoms with Gasteiger partial charge in [-0.1, -0.05) is 30.4 Å². The van der Waals surface area contributed by atoms with E-state index in [-0.39, 0.29) is 48.9 Å². The van der Waals surface area contributed by atoms with Gasteiger partial charge >= 0.3 is 0 Å². The number of nitrogens with zero attached hydrogens (tertiary/aromatic N) is 1. The molecule has 6 N–H and O–H groups in total. The van der Waals surface area contributed by atoms with E-state index in [0.717, 1.165) is 37.8 Å². The van der Waals surface area contributed by atoms with Crippen LogP contribution in [0.4, 0.5) is 5.69 Å². The third-order valence-corrected chi connectivity index (χ3v) is 6.44. The zero-order chi connectivity index (χ0) is 24.0. The molecule has 0 unspecified atom stereocenters. The molecule has 1 heterocycles. The number of carbonyl (C=O) groups excluding carboxylic acids is 1. The van der Waals surface area contributed by atoms with E-state index in [9.17, 15) is 13.2 Å². The predicted octanol–water partition coefficient (Wildman–Crippen LogP) is 2.52. The number of ether oxygens (including phenoxy) is 1. The summed E-state index contributed by atoms with van der Waals surface area (Å²) >= 11 is 0. The van der Waals surface area contributed by atoms with Crippen LogP contribution in [-0.2, 0) is 10.0 Å². The van der Waals surface area contributed by atoms with E-state index in [2.05, 4.69) is 5.32 Å². The van der Waals surface area contributed by atoms with E-state index in [0.29, 0.717) is 17.0 Å². The number of carbonyl (C=O) groups is 1. The summed E-state index contributed by atoms with van der Waals surface area (Å²) in [6.07, 6.45) is 6.11. The van der Waals surface area contributed by atoms with Crippen LogP contribution in [0.25, 0.3) is 6.08 Å². The highest BCUT2D eigenvalue weighted by Crippen LogP contribution is 2.28. The summed E-state index contributed by atoms with van der Waals surface area (Å²) in [4.78, 5) is 12.1. The van der Waals surface area contributed by atoms with Crippen molar-refractivity contribution in [3.63, 3.8) is 0 Å². The Kier molecular flexibility index (Phi) is 11.5. The van der Waals surface area contributed by atoms with Crippen LogP contribution < -0.4 is 25.8 Å². The minimum absolute atomic E-state index is 0. The number of anilines is 1. The Morgan fingerprint density at radius 1 is 1.17 bits per heavy atom. The average Bonchev–Trinajstić information content (AvgIpc) is 2.77. The number of amides is 1. The van der Waals surface area contributed by atoms with Crippen LogP contribution in [0, 0.1) is 5.41 Å². The molecular weight excluding hydrogens is 513 g/mol. The maximum atomic E-state index is 12.5. The third kappa shape index (κ3) is 8.43.